The van der Waals surface area contributed by atoms with Crippen molar-refractivity contribution >= 4 is 43.1 Å². The molecule has 5 aromatic rings. The first-order valence-electron chi connectivity index (χ1n) is 27.5. The average molecular weight is 1090 g/mol. The van der Waals surface area contributed by atoms with Crippen molar-refractivity contribution in [2.24, 2.45) is 17.8 Å². The summed E-state index contributed by atoms with van der Waals surface area (Å²) in [5, 5.41) is 23.5. The summed E-state index contributed by atoms with van der Waals surface area (Å²) < 4.78 is 25.0. The Bertz CT molecular complexity index is 2940. The smallest absolute Gasteiger partial charge is 0.410 e. The molecule has 8 rings (SSSR count). The highest BCUT2D eigenvalue weighted by molar-refractivity contribution is 6.74. The van der Waals surface area contributed by atoms with E-state index in [1.165, 1.54) is 11.6 Å². The summed E-state index contributed by atoms with van der Waals surface area (Å²) in [6.45, 7) is 20.8. The lowest BCUT2D eigenvalue weighted by molar-refractivity contribution is -0.164. The number of piperidine rings is 2. The number of carbonyl (C=O) groups excluding carboxylic acids is 4. The molecule has 4 aromatic carbocycles. The number of ether oxygens (including phenoxy) is 3. The molecule has 418 valence electrons. The van der Waals surface area contributed by atoms with Gasteiger partial charge in [0.05, 0.1) is 30.7 Å². The Labute approximate surface area is 459 Å². The topological polar surface area (TPSA) is 191 Å². The molecule has 3 saturated heterocycles. The van der Waals surface area contributed by atoms with Crippen molar-refractivity contribution in [2.45, 2.75) is 109 Å². The van der Waals surface area contributed by atoms with E-state index in [0.717, 1.165) is 38.0 Å². The highest BCUT2D eigenvalue weighted by atomic mass is 28.4. The maximum absolute atomic E-state index is 14.1. The minimum absolute atomic E-state index is 0.0178. The van der Waals surface area contributed by atoms with Gasteiger partial charge in [0.25, 0.3) is 5.91 Å². The number of pyridine rings is 1. The van der Waals surface area contributed by atoms with Crippen LogP contribution in [0.1, 0.15) is 95.6 Å². The maximum Gasteiger partial charge on any atom is 0.410 e. The zero-order valence-corrected chi connectivity index (χ0v) is 47.7. The number of carbonyl (C=O) groups is 4. The molecule has 1 aromatic heterocycles. The number of fused-ring (bicyclic) bond motifs is 1. The van der Waals surface area contributed by atoms with Crippen molar-refractivity contribution in [3.8, 4) is 11.5 Å². The molecular weight excluding hydrogens is 1010 g/mol. The molecular formula is C61H79N5O11Si. The Morgan fingerprint density at radius 1 is 0.769 bits per heavy atom. The molecule has 4 heterocycles. The third-order valence-corrected chi connectivity index (χ3v) is 20.5. The minimum atomic E-state index is -2.48. The molecule has 2 atom stereocenters. The predicted molar refractivity (Wildman–Crippen MR) is 301 cm³/mol. The summed E-state index contributed by atoms with van der Waals surface area (Å²) in [4.78, 5) is 78.1. The molecule has 0 saturated carbocycles. The predicted octanol–water partition coefficient (Wildman–Crippen LogP) is 9.00. The van der Waals surface area contributed by atoms with Crippen molar-refractivity contribution in [2.75, 3.05) is 65.6 Å². The number of H-pyrrole nitrogens is 1. The van der Waals surface area contributed by atoms with Gasteiger partial charge in [0.15, 0.2) is 14.9 Å². The summed E-state index contributed by atoms with van der Waals surface area (Å²) >= 11 is 0. The van der Waals surface area contributed by atoms with E-state index in [0.29, 0.717) is 54.7 Å². The van der Waals surface area contributed by atoms with Crippen LogP contribution in [-0.2, 0) is 40.4 Å². The van der Waals surface area contributed by atoms with Crippen molar-refractivity contribution in [1.29, 1.82) is 0 Å². The Morgan fingerprint density at radius 3 is 2.06 bits per heavy atom. The van der Waals surface area contributed by atoms with Crippen LogP contribution < -0.4 is 10.3 Å². The summed E-state index contributed by atoms with van der Waals surface area (Å²) in [5.41, 5.74) is -0.358. The van der Waals surface area contributed by atoms with Gasteiger partial charge in [-0.05, 0) is 130 Å². The van der Waals surface area contributed by atoms with Gasteiger partial charge in [-0.1, -0.05) is 99.6 Å². The monoisotopic (exact) mass is 1090 g/mol. The highest BCUT2D eigenvalue weighted by Crippen LogP contribution is 2.42. The van der Waals surface area contributed by atoms with Crippen LogP contribution in [0.3, 0.4) is 0 Å². The van der Waals surface area contributed by atoms with Crippen LogP contribution in [0.15, 0.2) is 114 Å². The molecule has 0 aliphatic carbocycles. The van der Waals surface area contributed by atoms with Crippen molar-refractivity contribution in [3.05, 3.63) is 142 Å². The quantitative estimate of drug-likeness (QED) is 0.0558. The number of aromatic amines is 1. The Hall–Kier alpha value is -6.53. The SMILES string of the molecule is CC(C)(C)OC(=O)N(CC1CCN(C(=O)C2CN(C(=O)COc3cccc([C@](O)(C(=O)OCC4CCN(Cc5ccccc5)CC4)c4ccccc4)c3)C2)CC1)CC(O[Si](C)(C)C(C)(C)C)c1ccc(O)c2[nH]c(=O)ccc12. The number of phenols is 1. The third-order valence-electron chi connectivity index (χ3n) is 16.0. The fraction of sp³-hybridized carbons (Fsp3) is 0.492. The molecule has 0 radical (unpaired) electrons. The lowest BCUT2D eigenvalue weighted by Crippen LogP contribution is -2.58. The van der Waals surface area contributed by atoms with E-state index in [9.17, 15) is 34.2 Å². The van der Waals surface area contributed by atoms with Crippen LogP contribution >= 0.6 is 0 Å². The molecule has 0 spiro atoms. The van der Waals surface area contributed by atoms with Gasteiger partial charge < -0.3 is 48.5 Å². The maximum atomic E-state index is 14.1. The van der Waals surface area contributed by atoms with Gasteiger partial charge in [0.1, 0.15) is 17.1 Å². The number of hydrogen-bond acceptors (Lipinski definition) is 12. The number of hydrogen-bond donors (Lipinski definition) is 3. The van der Waals surface area contributed by atoms with Crippen molar-refractivity contribution < 1.29 is 48.0 Å². The fourth-order valence-electron chi connectivity index (χ4n) is 10.3. The van der Waals surface area contributed by atoms with Crippen molar-refractivity contribution in [3.63, 3.8) is 0 Å². The number of phenolic OH excluding ortho intramolecular Hbond substituents is 1. The molecule has 17 heteroatoms. The zero-order chi connectivity index (χ0) is 56.0. The second-order valence-corrected chi connectivity index (χ2v) is 28.8. The fourth-order valence-corrected chi connectivity index (χ4v) is 11.6. The zero-order valence-electron chi connectivity index (χ0n) is 46.7. The summed E-state index contributed by atoms with van der Waals surface area (Å²) in [6, 6.07) is 32.0. The number of aromatic nitrogens is 1. The first-order chi connectivity index (χ1) is 37.0. The molecule has 0 bridgehead atoms. The molecule has 3 N–H and O–H groups in total. The molecule has 3 fully saturated rings. The summed E-state index contributed by atoms with van der Waals surface area (Å²) in [7, 11) is -2.48. The molecule has 3 aliphatic heterocycles. The van der Waals surface area contributed by atoms with E-state index in [1.807, 2.05) is 49.9 Å². The lowest BCUT2D eigenvalue weighted by Gasteiger charge is -2.43. The number of nitrogens with zero attached hydrogens (tertiary/aromatic N) is 4. The van der Waals surface area contributed by atoms with Crippen LogP contribution in [-0.4, -0.2) is 138 Å². The normalized spacial score (nSPS) is 17.4. The van der Waals surface area contributed by atoms with Gasteiger partial charge in [0, 0.05) is 56.3 Å². The van der Waals surface area contributed by atoms with E-state index in [2.05, 4.69) is 55.9 Å². The number of aromatic hydroxyl groups is 1. The van der Waals surface area contributed by atoms with Crippen LogP contribution in [0.2, 0.25) is 18.1 Å². The number of amides is 3. The van der Waals surface area contributed by atoms with Gasteiger partial charge in [-0.2, -0.15) is 0 Å². The Morgan fingerprint density at radius 2 is 1.41 bits per heavy atom. The van der Waals surface area contributed by atoms with Crippen LogP contribution in [0, 0.1) is 17.8 Å². The van der Waals surface area contributed by atoms with Crippen LogP contribution in [0.5, 0.6) is 11.5 Å². The largest absolute Gasteiger partial charge is 0.506 e. The van der Waals surface area contributed by atoms with Crippen molar-refractivity contribution in [1.82, 2.24) is 24.6 Å². The number of nitrogens with one attached hydrogen (secondary N) is 1. The van der Waals surface area contributed by atoms with Gasteiger partial charge in [-0.3, -0.25) is 19.3 Å². The van der Waals surface area contributed by atoms with Crippen LogP contribution in [0.4, 0.5) is 4.79 Å². The van der Waals surface area contributed by atoms with E-state index in [-0.39, 0.29) is 84.3 Å². The number of aliphatic hydroxyl groups is 1. The first kappa shape index (κ1) is 57.6. The number of likely N-dealkylation sites (tertiary alicyclic amines) is 3. The number of benzene rings is 4. The Balaban J connectivity index is 0.846. The second-order valence-electron chi connectivity index (χ2n) is 24.0. The van der Waals surface area contributed by atoms with Gasteiger partial charge >= 0.3 is 12.1 Å². The van der Waals surface area contributed by atoms with Gasteiger partial charge in [-0.25, -0.2) is 9.59 Å². The Kier molecular flexibility index (Phi) is 17.9. The minimum Gasteiger partial charge on any atom is -0.506 e. The second kappa shape index (κ2) is 24.2. The highest BCUT2D eigenvalue weighted by Gasteiger charge is 2.44. The first-order valence-corrected chi connectivity index (χ1v) is 30.4. The standard InChI is InChI=1S/C61H79N5O11Si/c1-59(2,3)76-58(72)66(39-52(77-78(7,8)60(4,5)6)49-22-24-51(67)55-50(49)23-25-53(68)62-55)36-43-28-32-64(33-29-43)56(70)45-37-65(38-45)54(69)41-74-48-21-15-20-47(34-48)61(73,46-18-13-10-14-19-46)57(71)75-40-44-26-30-63(31-27-44)35-42-16-11-9-12-17-42/h9-25,34,43-45,52,67,73H,26-33,35-41H2,1-8H3,(H,62,68)/t52?,61-/m0/s1. The van der Waals surface area contributed by atoms with Gasteiger partial charge in [-0.15, -0.1) is 0 Å². The summed E-state index contributed by atoms with van der Waals surface area (Å²) in [6.07, 6.45) is 1.93. The molecule has 16 nitrogen and oxygen atoms in total. The lowest BCUT2D eigenvalue weighted by atomic mass is 9.86. The van der Waals surface area contributed by atoms with Gasteiger partial charge in [0.2, 0.25) is 17.1 Å². The van der Waals surface area contributed by atoms with E-state index in [1.54, 1.807) is 76.5 Å². The third kappa shape index (κ3) is 14.0. The number of rotatable bonds is 18. The van der Waals surface area contributed by atoms with E-state index >= 15 is 0 Å². The molecule has 78 heavy (non-hydrogen) atoms. The van der Waals surface area contributed by atoms with Crippen LogP contribution in [0.25, 0.3) is 10.9 Å². The average Bonchev–Trinajstić information content (AvgIpc) is 3.53. The van der Waals surface area contributed by atoms with E-state index < -0.39 is 37.7 Å². The molecule has 3 amide bonds. The number of esters is 1. The molecule has 1 unspecified atom stereocenters. The summed E-state index contributed by atoms with van der Waals surface area (Å²) in [5.74, 6) is -1.01. The molecule has 3 aliphatic rings. The van der Waals surface area contributed by atoms with E-state index in [4.69, 9.17) is 18.6 Å².